The molecule has 1 heterocycles. The van der Waals surface area contributed by atoms with Gasteiger partial charge >= 0.3 is 5.97 Å². The molecule has 0 aromatic carbocycles. The molecule has 1 amide bonds. The summed E-state index contributed by atoms with van der Waals surface area (Å²) in [6.07, 6.45) is 2.12. The highest BCUT2D eigenvalue weighted by molar-refractivity contribution is 5.76. The molecule has 0 radical (unpaired) electrons. The Morgan fingerprint density at radius 3 is 2.70 bits per heavy atom. The van der Waals surface area contributed by atoms with Gasteiger partial charge in [-0.1, -0.05) is 5.21 Å². The van der Waals surface area contributed by atoms with E-state index in [4.69, 9.17) is 10.8 Å². The Bertz CT molecular complexity index is 458. The molecule has 0 aliphatic carbocycles. The first kappa shape index (κ1) is 16.1. The molecule has 1 aromatic heterocycles. The van der Waals surface area contributed by atoms with Crippen molar-refractivity contribution >= 4 is 11.9 Å². The Hall–Kier alpha value is -1.96. The Balaban J connectivity index is 2.57. The summed E-state index contributed by atoms with van der Waals surface area (Å²) in [4.78, 5) is 24.3. The second kappa shape index (κ2) is 7.59. The van der Waals surface area contributed by atoms with Gasteiger partial charge in [-0.3, -0.25) is 9.59 Å². The fraction of sp³-hybridized carbons (Fsp3) is 0.667. The number of carbonyl (C=O) groups is 2. The van der Waals surface area contributed by atoms with Gasteiger partial charge in [0.1, 0.15) is 6.54 Å². The van der Waals surface area contributed by atoms with Crippen molar-refractivity contribution in [3.8, 4) is 0 Å². The minimum Gasteiger partial charge on any atom is -0.481 e. The lowest BCUT2D eigenvalue weighted by atomic mass is 10.2. The topological polar surface area (TPSA) is 114 Å². The van der Waals surface area contributed by atoms with Gasteiger partial charge in [0.2, 0.25) is 5.91 Å². The summed E-state index contributed by atoms with van der Waals surface area (Å²) in [5.41, 5.74) is 6.05. The molecule has 0 saturated carbocycles. The van der Waals surface area contributed by atoms with E-state index in [1.54, 1.807) is 11.1 Å². The summed E-state index contributed by atoms with van der Waals surface area (Å²) in [6, 6.07) is 0.00814. The van der Waals surface area contributed by atoms with Gasteiger partial charge in [0.15, 0.2) is 0 Å². The minimum atomic E-state index is -0.856. The van der Waals surface area contributed by atoms with E-state index in [1.807, 2.05) is 13.8 Å². The smallest absolute Gasteiger partial charge is 0.303 e. The molecule has 0 aliphatic rings. The molecule has 112 valence electrons. The lowest BCUT2D eigenvalue weighted by Crippen LogP contribution is -2.40. The molecule has 3 N–H and O–H groups in total. The predicted molar refractivity (Wildman–Crippen MR) is 71.6 cm³/mol. The van der Waals surface area contributed by atoms with Crippen molar-refractivity contribution in [3.05, 3.63) is 11.9 Å². The largest absolute Gasteiger partial charge is 0.481 e. The first-order valence-electron chi connectivity index (χ1n) is 6.54. The van der Waals surface area contributed by atoms with Crippen LogP contribution in [0.3, 0.4) is 0 Å². The quantitative estimate of drug-likeness (QED) is 0.685. The predicted octanol–water partition coefficient (Wildman–Crippen LogP) is -0.161. The van der Waals surface area contributed by atoms with Crippen LogP contribution in [-0.4, -0.2) is 49.5 Å². The summed E-state index contributed by atoms with van der Waals surface area (Å²) in [7, 11) is 0. The highest BCUT2D eigenvalue weighted by atomic mass is 16.4. The second-order valence-corrected chi connectivity index (χ2v) is 4.79. The first-order valence-corrected chi connectivity index (χ1v) is 6.54. The minimum absolute atomic E-state index is 0.00814. The molecule has 0 unspecified atom stereocenters. The van der Waals surface area contributed by atoms with Gasteiger partial charge in [-0.05, 0) is 20.3 Å². The van der Waals surface area contributed by atoms with Gasteiger partial charge in [-0.2, -0.15) is 0 Å². The Morgan fingerprint density at radius 2 is 2.20 bits per heavy atom. The van der Waals surface area contributed by atoms with E-state index < -0.39 is 5.97 Å². The van der Waals surface area contributed by atoms with Crippen molar-refractivity contribution in [2.24, 2.45) is 5.73 Å². The zero-order chi connectivity index (χ0) is 15.1. The van der Waals surface area contributed by atoms with Crippen LogP contribution < -0.4 is 5.73 Å². The molecule has 0 fully saturated rings. The summed E-state index contributed by atoms with van der Waals surface area (Å²) in [5.74, 6) is -0.969. The molecule has 0 saturated heterocycles. The van der Waals surface area contributed by atoms with Gasteiger partial charge in [-0.15, -0.1) is 5.10 Å². The molecule has 8 heteroatoms. The van der Waals surface area contributed by atoms with Gasteiger partial charge < -0.3 is 15.7 Å². The number of aromatic nitrogens is 3. The van der Waals surface area contributed by atoms with Crippen molar-refractivity contribution < 1.29 is 14.7 Å². The normalized spacial score (nSPS) is 10.8. The van der Waals surface area contributed by atoms with E-state index in [-0.39, 0.29) is 31.5 Å². The fourth-order valence-electron chi connectivity index (χ4n) is 1.81. The van der Waals surface area contributed by atoms with Gasteiger partial charge in [0.05, 0.1) is 11.9 Å². The standard InChI is InChI=1S/C12H21N5O3/c1-9(2)17(5-3-4-12(19)20)11(18)8-16-7-10(6-13)14-15-16/h7,9H,3-6,8,13H2,1-2H3,(H,19,20). The number of amides is 1. The average Bonchev–Trinajstić information content (AvgIpc) is 2.81. The molecule has 20 heavy (non-hydrogen) atoms. The third-order valence-corrected chi connectivity index (χ3v) is 2.83. The van der Waals surface area contributed by atoms with Crippen molar-refractivity contribution in [2.75, 3.05) is 6.54 Å². The van der Waals surface area contributed by atoms with Crippen molar-refractivity contribution in [2.45, 2.75) is 45.8 Å². The van der Waals surface area contributed by atoms with Gasteiger partial charge in [0.25, 0.3) is 0 Å². The number of hydrogen-bond donors (Lipinski definition) is 2. The Labute approximate surface area is 117 Å². The number of carbonyl (C=O) groups excluding carboxylic acids is 1. The van der Waals surface area contributed by atoms with Crippen LogP contribution in [0.4, 0.5) is 0 Å². The van der Waals surface area contributed by atoms with Crippen molar-refractivity contribution in [3.63, 3.8) is 0 Å². The molecule has 8 nitrogen and oxygen atoms in total. The van der Waals surface area contributed by atoms with Crippen LogP contribution in [0.25, 0.3) is 0 Å². The zero-order valence-electron chi connectivity index (χ0n) is 11.8. The number of aliphatic carboxylic acids is 1. The van der Waals surface area contributed by atoms with E-state index in [0.29, 0.717) is 18.7 Å². The summed E-state index contributed by atoms with van der Waals surface area (Å²) >= 11 is 0. The van der Waals surface area contributed by atoms with E-state index in [9.17, 15) is 9.59 Å². The van der Waals surface area contributed by atoms with Gasteiger partial charge in [0, 0.05) is 25.6 Å². The van der Waals surface area contributed by atoms with E-state index in [0.717, 1.165) is 0 Å². The van der Waals surface area contributed by atoms with E-state index in [2.05, 4.69) is 10.3 Å². The lowest BCUT2D eigenvalue weighted by molar-refractivity contribution is -0.138. The summed E-state index contributed by atoms with van der Waals surface area (Å²) < 4.78 is 1.44. The number of carboxylic acid groups (broad SMARTS) is 1. The third kappa shape index (κ3) is 4.96. The van der Waals surface area contributed by atoms with Gasteiger partial charge in [-0.25, -0.2) is 4.68 Å². The highest BCUT2D eigenvalue weighted by Gasteiger charge is 2.18. The number of nitrogens with zero attached hydrogens (tertiary/aromatic N) is 4. The maximum Gasteiger partial charge on any atom is 0.303 e. The van der Waals surface area contributed by atoms with E-state index >= 15 is 0 Å². The fourth-order valence-corrected chi connectivity index (χ4v) is 1.81. The molecule has 0 bridgehead atoms. The molecular formula is C12H21N5O3. The van der Waals surface area contributed by atoms with Crippen LogP contribution in [0.2, 0.25) is 0 Å². The number of rotatable bonds is 8. The maximum atomic E-state index is 12.2. The Kier molecular flexibility index (Phi) is 6.10. The Morgan fingerprint density at radius 1 is 1.50 bits per heavy atom. The van der Waals surface area contributed by atoms with Crippen LogP contribution in [0.5, 0.6) is 0 Å². The maximum absolute atomic E-state index is 12.2. The van der Waals surface area contributed by atoms with Crippen molar-refractivity contribution in [1.29, 1.82) is 0 Å². The van der Waals surface area contributed by atoms with E-state index in [1.165, 1.54) is 4.68 Å². The van der Waals surface area contributed by atoms with Crippen LogP contribution in [0.1, 0.15) is 32.4 Å². The highest BCUT2D eigenvalue weighted by Crippen LogP contribution is 2.04. The first-order chi connectivity index (χ1) is 9.43. The second-order valence-electron chi connectivity index (χ2n) is 4.79. The molecule has 1 rings (SSSR count). The zero-order valence-corrected chi connectivity index (χ0v) is 11.8. The number of nitrogens with two attached hydrogens (primary N) is 1. The number of hydrogen-bond acceptors (Lipinski definition) is 5. The molecule has 1 aromatic rings. The SMILES string of the molecule is CC(C)N(CCCC(=O)O)C(=O)Cn1cc(CN)nn1. The van der Waals surface area contributed by atoms with Crippen LogP contribution in [0.15, 0.2) is 6.20 Å². The summed E-state index contributed by atoms with van der Waals surface area (Å²) in [5, 5.41) is 16.3. The third-order valence-electron chi connectivity index (χ3n) is 2.83. The molecule has 0 aliphatic heterocycles. The molecular weight excluding hydrogens is 262 g/mol. The van der Waals surface area contributed by atoms with Crippen LogP contribution >= 0.6 is 0 Å². The van der Waals surface area contributed by atoms with Crippen LogP contribution in [0, 0.1) is 0 Å². The molecule has 0 atom stereocenters. The average molecular weight is 283 g/mol. The lowest BCUT2D eigenvalue weighted by Gasteiger charge is -2.26. The molecule has 0 spiro atoms. The van der Waals surface area contributed by atoms with Crippen LogP contribution in [-0.2, 0) is 22.7 Å². The summed E-state index contributed by atoms with van der Waals surface area (Å²) in [6.45, 7) is 4.57. The number of carboxylic acids is 1. The van der Waals surface area contributed by atoms with Crippen molar-refractivity contribution in [1.82, 2.24) is 19.9 Å². The monoisotopic (exact) mass is 283 g/mol.